The number of morpholine rings is 1. The van der Waals surface area contributed by atoms with Crippen molar-refractivity contribution in [3.8, 4) is 6.07 Å². The number of hydrogen-bond donors (Lipinski definition) is 1. The number of carbonyl (C=O) groups excluding carboxylic acids is 1. The fraction of sp³-hybridized carbons (Fsp3) is 0.286. The highest BCUT2D eigenvalue weighted by Crippen LogP contribution is 2.10. The zero-order chi connectivity index (χ0) is 13.7. The number of carbonyl (C=O) groups is 1. The van der Waals surface area contributed by atoms with E-state index >= 15 is 0 Å². The van der Waals surface area contributed by atoms with Gasteiger partial charge in [0.15, 0.2) is 6.10 Å². The van der Waals surface area contributed by atoms with E-state index in [2.05, 4.69) is 0 Å². The van der Waals surface area contributed by atoms with Crippen LogP contribution in [0.3, 0.4) is 0 Å². The summed E-state index contributed by atoms with van der Waals surface area (Å²) in [6.45, 7) is 1.23. The van der Waals surface area contributed by atoms with Crippen molar-refractivity contribution in [3.63, 3.8) is 0 Å². The molecule has 2 rings (SSSR count). The highest BCUT2D eigenvalue weighted by atomic mass is 16.5. The molecule has 1 aromatic carbocycles. The molecule has 1 amide bonds. The summed E-state index contributed by atoms with van der Waals surface area (Å²) in [5, 5.41) is 8.78. The minimum atomic E-state index is -0.529. The SMILES string of the molecule is N#CC1CN(C(=O)/C=C/c2cccc(N)c2)CCO1. The molecule has 0 spiro atoms. The molecule has 1 fully saturated rings. The minimum absolute atomic E-state index is 0.119. The maximum Gasteiger partial charge on any atom is 0.246 e. The zero-order valence-electron chi connectivity index (χ0n) is 10.5. The van der Waals surface area contributed by atoms with Crippen molar-refractivity contribution < 1.29 is 9.53 Å². The van der Waals surface area contributed by atoms with Gasteiger partial charge in [-0.2, -0.15) is 5.26 Å². The Morgan fingerprint density at radius 3 is 3.16 bits per heavy atom. The van der Waals surface area contributed by atoms with Gasteiger partial charge in [0, 0.05) is 18.3 Å². The molecule has 1 heterocycles. The highest BCUT2D eigenvalue weighted by molar-refractivity contribution is 5.92. The largest absolute Gasteiger partial charge is 0.399 e. The van der Waals surface area contributed by atoms with Crippen LogP contribution < -0.4 is 5.73 Å². The summed E-state index contributed by atoms with van der Waals surface area (Å²) in [6, 6.07) is 9.30. The zero-order valence-corrected chi connectivity index (χ0v) is 10.5. The van der Waals surface area contributed by atoms with Crippen LogP contribution >= 0.6 is 0 Å². The normalized spacial score (nSPS) is 19.3. The van der Waals surface area contributed by atoms with Gasteiger partial charge < -0.3 is 15.4 Å². The summed E-state index contributed by atoms with van der Waals surface area (Å²) in [6.07, 6.45) is 2.68. The number of nitrogen functional groups attached to an aromatic ring is 1. The lowest BCUT2D eigenvalue weighted by atomic mass is 10.2. The number of rotatable bonds is 2. The summed E-state index contributed by atoms with van der Waals surface area (Å²) in [4.78, 5) is 13.6. The third-order valence-corrected chi connectivity index (χ3v) is 2.85. The van der Waals surface area contributed by atoms with Crippen LogP contribution in [0.2, 0.25) is 0 Å². The number of hydrogen-bond acceptors (Lipinski definition) is 4. The second kappa shape index (κ2) is 6.03. The molecule has 5 nitrogen and oxygen atoms in total. The van der Waals surface area contributed by atoms with Crippen LogP contribution in [-0.4, -0.2) is 36.6 Å². The first-order valence-corrected chi connectivity index (χ1v) is 6.03. The van der Waals surface area contributed by atoms with E-state index in [1.54, 1.807) is 23.1 Å². The van der Waals surface area contributed by atoms with Gasteiger partial charge in [0.05, 0.1) is 19.2 Å². The molecule has 0 saturated carbocycles. The van der Waals surface area contributed by atoms with Crippen molar-refractivity contribution >= 4 is 17.7 Å². The third-order valence-electron chi connectivity index (χ3n) is 2.85. The Labute approximate surface area is 111 Å². The van der Waals surface area contributed by atoms with E-state index in [1.165, 1.54) is 6.08 Å². The Morgan fingerprint density at radius 2 is 2.42 bits per heavy atom. The Bertz CT molecular complexity index is 534. The van der Waals surface area contributed by atoms with E-state index in [4.69, 9.17) is 15.7 Å². The fourth-order valence-corrected chi connectivity index (χ4v) is 1.86. The number of anilines is 1. The Morgan fingerprint density at radius 1 is 1.58 bits per heavy atom. The molecule has 0 radical (unpaired) electrons. The first-order chi connectivity index (χ1) is 9.19. The summed E-state index contributed by atoms with van der Waals surface area (Å²) >= 11 is 0. The number of amides is 1. The summed E-state index contributed by atoms with van der Waals surface area (Å²) < 4.78 is 5.19. The van der Waals surface area contributed by atoms with Crippen molar-refractivity contribution in [1.29, 1.82) is 5.26 Å². The number of nitrogens with zero attached hydrogens (tertiary/aromatic N) is 2. The van der Waals surface area contributed by atoms with Crippen LogP contribution in [0.25, 0.3) is 6.08 Å². The lowest BCUT2D eigenvalue weighted by Gasteiger charge is -2.28. The van der Waals surface area contributed by atoms with E-state index in [9.17, 15) is 4.79 Å². The van der Waals surface area contributed by atoms with Crippen LogP contribution in [0.5, 0.6) is 0 Å². The molecule has 1 atom stereocenters. The van der Waals surface area contributed by atoms with E-state index in [0.29, 0.717) is 25.4 Å². The van der Waals surface area contributed by atoms with Gasteiger partial charge in [-0.05, 0) is 23.8 Å². The van der Waals surface area contributed by atoms with Crippen molar-refractivity contribution in [2.45, 2.75) is 6.10 Å². The lowest BCUT2D eigenvalue weighted by molar-refractivity contribution is -0.131. The summed E-state index contributed by atoms with van der Waals surface area (Å²) in [5.41, 5.74) is 7.19. The van der Waals surface area contributed by atoms with Gasteiger partial charge >= 0.3 is 0 Å². The first kappa shape index (κ1) is 13.1. The lowest BCUT2D eigenvalue weighted by Crippen LogP contribution is -2.44. The molecule has 1 aliphatic rings. The first-order valence-electron chi connectivity index (χ1n) is 6.03. The van der Waals surface area contributed by atoms with E-state index in [-0.39, 0.29) is 5.91 Å². The molecule has 19 heavy (non-hydrogen) atoms. The molecule has 0 aliphatic carbocycles. The topological polar surface area (TPSA) is 79.4 Å². The molecular formula is C14H15N3O2. The van der Waals surface area contributed by atoms with Gasteiger partial charge in [-0.25, -0.2) is 0 Å². The highest BCUT2D eigenvalue weighted by Gasteiger charge is 2.22. The van der Waals surface area contributed by atoms with Crippen LogP contribution in [-0.2, 0) is 9.53 Å². The average Bonchev–Trinajstić information content (AvgIpc) is 2.45. The van der Waals surface area contributed by atoms with Crippen molar-refractivity contribution in [2.75, 3.05) is 25.4 Å². The maximum atomic E-state index is 12.0. The van der Waals surface area contributed by atoms with Crippen LogP contribution in [0.15, 0.2) is 30.3 Å². The number of nitrogens with two attached hydrogens (primary N) is 1. The van der Waals surface area contributed by atoms with E-state index < -0.39 is 6.10 Å². The van der Waals surface area contributed by atoms with Crippen LogP contribution in [0, 0.1) is 11.3 Å². The molecular weight excluding hydrogens is 242 g/mol. The quantitative estimate of drug-likeness (QED) is 0.634. The minimum Gasteiger partial charge on any atom is -0.399 e. The van der Waals surface area contributed by atoms with Crippen molar-refractivity contribution in [3.05, 3.63) is 35.9 Å². The average molecular weight is 257 g/mol. The van der Waals surface area contributed by atoms with Crippen molar-refractivity contribution in [1.82, 2.24) is 4.90 Å². The van der Waals surface area contributed by atoms with Crippen molar-refractivity contribution in [2.24, 2.45) is 0 Å². The molecule has 1 saturated heterocycles. The molecule has 5 heteroatoms. The monoisotopic (exact) mass is 257 g/mol. The fourth-order valence-electron chi connectivity index (χ4n) is 1.86. The van der Waals surface area contributed by atoms with E-state index in [1.807, 2.05) is 18.2 Å². The van der Waals surface area contributed by atoms with Gasteiger partial charge in [-0.15, -0.1) is 0 Å². The second-order valence-electron chi connectivity index (χ2n) is 4.28. The predicted octanol–water partition coefficient (Wildman–Crippen LogP) is 1.03. The molecule has 98 valence electrons. The second-order valence-corrected chi connectivity index (χ2v) is 4.28. The Kier molecular flexibility index (Phi) is 4.16. The van der Waals surface area contributed by atoms with Gasteiger partial charge in [0.1, 0.15) is 0 Å². The smallest absolute Gasteiger partial charge is 0.246 e. The summed E-state index contributed by atoms with van der Waals surface area (Å²) in [5.74, 6) is -0.119. The maximum absolute atomic E-state index is 12.0. The van der Waals surface area contributed by atoms with Gasteiger partial charge in [-0.1, -0.05) is 12.1 Å². The molecule has 1 unspecified atom stereocenters. The summed E-state index contributed by atoms with van der Waals surface area (Å²) in [7, 11) is 0. The molecule has 1 aromatic rings. The number of ether oxygens (including phenoxy) is 1. The molecule has 0 bridgehead atoms. The van der Waals surface area contributed by atoms with Gasteiger partial charge in [0.25, 0.3) is 0 Å². The number of nitriles is 1. The Balaban J connectivity index is 1.99. The number of benzene rings is 1. The van der Waals surface area contributed by atoms with Gasteiger partial charge in [-0.3, -0.25) is 4.79 Å². The molecule has 2 N–H and O–H groups in total. The van der Waals surface area contributed by atoms with Crippen LogP contribution in [0.1, 0.15) is 5.56 Å². The third kappa shape index (κ3) is 3.57. The van der Waals surface area contributed by atoms with E-state index in [0.717, 1.165) is 5.56 Å². The molecule has 1 aliphatic heterocycles. The van der Waals surface area contributed by atoms with Crippen LogP contribution in [0.4, 0.5) is 5.69 Å². The standard InChI is InChI=1S/C14H15N3O2/c15-9-13-10-17(6-7-19-13)14(18)5-4-11-2-1-3-12(16)8-11/h1-5,8,13H,6-7,10,16H2/b5-4+. The predicted molar refractivity (Wildman–Crippen MR) is 71.8 cm³/mol. The molecule has 0 aromatic heterocycles. The van der Waals surface area contributed by atoms with Gasteiger partial charge in [0.2, 0.25) is 5.91 Å². The Hall–Kier alpha value is -2.32.